The molecule has 0 aliphatic rings. The van der Waals surface area contributed by atoms with Gasteiger partial charge >= 0.3 is 0 Å². The van der Waals surface area contributed by atoms with Gasteiger partial charge in [0, 0.05) is 19.2 Å². The van der Waals surface area contributed by atoms with Gasteiger partial charge in [-0.2, -0.15) is 0 Å². The van der Waals surface area contributed by atoms with Crippen molar-refractivity contribution in [2.24, 2.45) is 0 Å². The van der Waals surface area contributed by atoms with Gasteiger partial charge in [-0.15, -0.1) is 10.2 Å². The lowest BCUT2D eigenvalue weighted by Gasteiger charge is -2.20. The molecule has 7 heteroatoms. The summed E-state index contributed by atoms with van der Waals surface area (Å²) >= 11 is 1.31. The summed E-state index contributed by atoms with van der Waals surface area (Å²) in [6, 6.07) is 19.5. The lowest BCUT2D eigenvalue weighted by molar-refractivity contribution is -0.129. The molecule has 0 saturated carbocycles. The summed E-state index contributed by atoms with van der Waals surface area (Å²) in [5.41, 5.74) is 1.98. The number of hydrogen-bond acceptors (Lipinski definition) is 5. The number of thioether (sulfide) groups is 1. The number of hydrogen-bond donors (Lipinski definition) is 1. The van der Waals surface area contributed by atoms with Gasteiger partial charge in [-0.1, -0.05) is 72.4 Å². The largest absolute Gasteiger partial charge is 0.340 e. The van der Waals surface area contributed by atoms with Gasteiger partial charge in [0.15, 0.2) is 5.82 Å². The van der Waals surface area contributed by atoms with Crippen LogP contribution in [-0.2, 0) is 11.3 Å². The monoisotopic (exact) mass is 367 g/mol. The van der Waals surface area contributed by atoms with E-state index in [1.54, 1.807) is 11.9 Å². The van der Waals surface area contributed by atoms with Crippen molar-refractivity contribution >= 4 is 17.7 Å². The van der Waals surface area contributed by atoms with Gasteiger partial charge in [-0.05, 0) is 12.5 Å². The Kier molecular flexibility index (Phi) is 5.58. The van der Waals surface area contributed by atoms with Gasteiger partial charge in [0.1, 0.15) is 0 Å². The van der Waals surface area contributed by atoms with Crippen LogP contribution in [0.15, 0.2) is 65.8 Å². The summed E-state index contributed by atoms with van der Waals surface area (Å²) < 4.78 is 1.43. The average Bonchev–Trinajstić information content (AvgIpc) is 3.03. The summed E-state index contributed by atoms with van der Waals surface area (Å²) in [4.78, 5) is 14.4. The highest BCUT2D eigenvalue weighted by Gasteiger charge is 2.22. The van der Waals surface area contributed by atoms with Crippen molar-refractivity contribution in [2.75, 3.05) is 12.9 Å². The van der Waals surface area contributed by atoms with Crippen molar-refractivity contribution in [3.05, 3.63) is 66.2 Å². The first-order valence-electron chi connectivity index (χ1n) is 8.27. The maximum absolute atomic E-state index is 12.6. The van der Waals surface area contributed by atoms with Crippen LogP contribution >= 0.6 is 11.8 Å². The third kappa shape index (κ3) is 4.05. The molecule has 0 aliphatic heterocycles. The van der Waals surface area contributed by atoms with Crippen LogP contribution in [0.3, 0.4) is 0 Å². The number of amides is 1. The van der Waals surface area contributed by atoms with Gasteiger partial charge in [0.25, 0.3) is 0 Å². The van der Waals surface area contributed by atoms with Crippen molar-refractivity contribution < 1.29 is 4.79 Å². The number of carbonyl (C=O) groups excluding carboxylic acids is 1. The molecule has 3 rings (SSSR count). The van der Waals surface area contributed by atoms with Crippen LogP contribution in [0.1, 0.15) is 12.5 Å². The highest BCUT2D eigenvalue weighted by atomic mass is 32.2. The predicted octanol–water partition coefficient (Wildman–Crippen LogP) is 2.80. The second-order valence-corrected chi connectivity index (χ2v) is 7.29. The molecule has 0 aliphatic carbocycles. The number of nitrogen functional groups attached to an aromatic ring is 1. The summed E-state index contributed by atoms with van der Waals surface area (Å²) in [7, 11) is 1.80. The Bertz CT molecular complexity index is 866. The molecule has 2 N–H and O–H groups in total. The van der Waals surface area contributed by atoms with E-state index in [1.807, 2.05) is 67.6 Å². The molecule has 0 radical (unpaired) electrons. The van der Waals surface area contributed by atoms with Crippen molar-refractivity contribution in [3.8, 4) is 11.4 Å². The van der Waals surface area contributed by atoms with Crippen LogP contribution in [0.2, 0.25) is 0 Å². The Morgan fingerprint density at radius 1 is 1.12 bits per heavy atom. The molecule has 1 atom stereocenters. The van der Waals surface area contributed by atoms with E-state index in [1.165, 1.54) is 16.4 Å². The third-order valence-electron chi connectivity index (χ3n) is 3.97. The van der Waals surface area contributed by atoms with Crippen LogP contribution in [-0.4, -0.2) is 38.0 Å². The van der Waals surface area contributed by atoms with Crippen molar-refractivity contribution in [1.82, 2.24) is 19.8 Å². The van der Waals surface area contributed by atoms with E-state index >= 15 is 0 Å². The zero-order chi connectivity index (χ0) is 18.5. The molecule has 1 aromatic heterocycles. The van der Waals surface area contributed by atoms with Crippen LogP contribution in [0.4, 0.5) is 0 Å². The minimum absolute atomic E-state index is 0.0168. The van der Waals surface area contributed by atoms with Gasteiger partial charge < -0.3 is 10.7 Å². The molecule has 0 saturated heterocycles. The normalized spacial score (nSPS) is 11.9. The molecule has 3 aromatic rings. The second-order valence-electron chi connectivity index (χ2n) is 5.98. The number of nitrogens with zero attached hydrogens (tertiary/aromatic N) is 4. The minimum atomic E-state index is -0.321. The Balaban J connectivity index is 1.67. The molecular weight excluding hydrogens is 346 g/mol. The number of aromatic nitrogens is 3. The van der Waals surface area contributed by atoms with Gasteiger partial charge in [0.2, 0.25) is 11.1 Å². The highest BCUT2D eigenvalue weighted by Crippen LogP contribution is 2.25. The number of nitrogens with two attached hydrogens (primary N) is 1. The van der Waals surface area contributed by atoms with E-state index in [4.69, 9.17) is 5.84 Å². The molecule has 0 fully saturated rings. The van der Waals surface area contributed by atoms with Crippen molar-refractivity contribution in [1.29, 1.82) is 0 Å². The molecular formula is C19H21N5OS. The third-order valence-corrected chi connectivity index (χ3v) is 5.01. The fourth-order valence-electron chi connectivity index (χ4n) is 2.60. The first kappa shape index (κ1) is 18.0. The predicted molar refractivity (Wildman–Crippen MR) is 104 cm³/mol. The maximum Gasteiger partial charge on any atom is 0.235 e. The average molecular weight is 367 g/mol. The maximum atomic E-state index is 12.6. The molecule has 1 unspecified atom stereocenters. The molecule has 0 spiro atoms. The molecule has 134 valence electrons. The molecule has 1 amide bonds. The Labute approximate surface area is 157 Å². The van der Waals surface area contributed by atoms with Crippen LogP contribution in [0.25, 0.3) is 11.4 Å². The SMILES string of the molecule is CC(Sc1nnc(-c2ccccc2)n1N)C(=O)N(C)Cc1ccccc1. The van der Waals surface area contributed by atoms with E-state index in [-0.39, 0.29) is 11.2 Å². The van der Waals surface area contributed by atoms with Crippen LogP contribution in [0, 0.1) is 0 Å². The molecule has 0 bridgehead atoms. The summed E-state index contributed by atoms with van der Waals surface area (Å²) in [5.74, 6) is 6.72. The van der Waals surface area contributed by atoms with Gasteiger partial charge in [-0.25, -0.2) is 4.68 Å². The zero-order valence-electron chi connectivity index (χ0n) is 14.7. The Morgan fingerprint density at radius 3 is 2.38 bits per heavy atom. The quantitative estimate of drug-likeness (QED) is 0.535. The van der Waals surface area contributed by atoms with Gasteiger partial charge in [0.05, 0.1) is 5.25 Å². The standard InChI is InChI=1S/C19H21N5OS/c1-14(18(25)23(2)13-15-9-5-3-6-10-15)26-19-22-21-17(24(19)20)16-11-7-4-8-12-16/h3-12,14H,13,20H2,1-2H3. The Hall–Kier alpha value is -2.80. The number of rotatable bonds is 6. The van der Waals surface area contributed by atoms with Gasteiger partial charge in [-0.3, -0.25) is 4.79 Å². The number of benzene rings is 2. The van der Waals surface area contributed by atoms with Crippen molar-refractivity contribution in [3.63, 3.8) is 0 Å². The first-order valence-corrected chi connectivity index (χ1v) is 9.15. The zero-order valence-corrected chi connectivity index (χ0v) is 15.6. The Morgan fingerprint density at radius 2 is 1.73 bits per heavy atom. The first-order chi connectivity index (χ1) is 12.6. The van der Waals surface area contributed by atoms with E-state index in [9.17, 15) is 4.79 Å². The summed E-state index contributed by atoms with van der Waals surface area (Å²) in [6.45, 7) is 2.42. The minimum Gasteiger partial charge on any atom is -0.340 e. The topological polar surface area (TPSA) is 77.0 Å². The lowest BCUT2D eigenvalue weighted by atomic mass is 10.2. The molecule has 1 heterocycles. The van der Waals surface area contributed by atoms with E-state index in [0.717, 1.165) is 11.1 Å². The van der Waals surface area contributed by atoms with Crippen LogP contribution < -0.4 is 5.84 Å². The molecule has 2 aromatic carbocycles. The fourth-order valence-corrected chi connectivity index (χ4v) is 3.48. The van der Waals surface area contributed by atoms with E-state index in [2.05, 4.69) is 10.2 Å². The fraction of sp³-hybridized carbons (Fsp3) is 0.211. The van der Waals surface area contributed by atoms with Crippen LogP contribution in [0.5, 0.6) is 0 Å². The number of carbonyl (C=O) groups is 1. The summed E-state index contributed by atoms with van der Waals surface area (Å²) in [6.07, 6.45) is 0. The lowest BCUT2D eigenvalue weighted by Crippen LogP contribution is -2.33. The summed E-state index contributed by atoms with van der Waals surface area (Å²) in [5, 5.41) is 8.48. The van der Waals surface area contributed by atoms with E-state index in [0.29, 0.717) is 17.5 Å². The molecule has 26 heavy (non-hydrogen) atoms. The smallest absolute Gasteiger partial charge is 0.235 e. The molecule has 6 nitrogen and oxygen atoms in total. The van der Waals surface area contributed by atoms with E-state index < -0.39 is 0 Å². The van der Waals surface area contributed by atoms with Crippen molar-refractivity contribution in [2.45, 2.75) is 23.9 Å². The highest BCUT2D eigenvalue weighted by molar-refractivity contribution is 8.00. The second kappa shape index (κ2) is 8.05.